The predicted molar refractivity (Wildman–Crippen MR) is 82.5 cm³/mol. The Balaban J connectivity index is 2.07. The molecule has 1 aliphatic rings. The number of benzene rings is 1. The molecule has 0 amide bonds. The Labute approximate surface area is 118 Å². The lowest BCUT2D eigenvalue weighted by Gasteiger charge is -2.45. The van der Waals surface area contributed by atoms with Crippen LogP contribution in [0.1, 0.15) is 33.3 Å². The van der Waals surface area contributed by atoms with E-state index >= 15 is 0 Å². The first-order valence-electron chi connectivity index (χ1n) is 7.61. The summed E-state index contributed by atoms with van der Waals surface area (Å²) in [6, 6.07) is 12.9. The van der Waals surface area contributed by atoms with Crippen LogP contribution in [0.3, 0.4) is 0 Å². The molecule has 1 atom stereocenters. The van der Waals surface area contributed by atoms with E-state index < -0.39 is 0 Å². The molecule has 2 heteroatoms. The molecule has 1 saturated heterocycles. The van der Waals surface area contributed by atoms with Gasteiger partial charge < -0.3 is 0 Å². The third-order valence-corrected chi connectivity index (χ3v) is 4.27. The Hall–Kier alpha value is -0.860. The molecule has 1 aliphatic heterocycles. The molecule has 0 aromatic heterocycles. The number of hydrogen-bond acceptors (Lipinski definition) is 2. The highest BCUT2D eigenvalue weighted by atomic mass is 15.3. The van der Waals surface area contributed by atoms with Gasteiger partial charge in [-0.1, -0.05) is 30.3 Å². The van der Waals surface area contributed by atoms with Crippen molar-refractivity contribution >= 4 is 0 Å². The van der Waals surface area contributed by atoms with E-state index in [0.29, 0.717) is 18.1 Å². The van der Waals surface area contributed by atoms with E-state index in [-0.39, 0.29) is 0 Å². The lowest BCUT2D eigenvalue weighted by Crippen LogP contribution is -2.57. The molecule has 2 rings (SSSR count). The first kappa shape index (κ1) is 14.5. The van der Waals surface area contributed by atoms with Gasteiger partial charge >= 0.3 is 0 Å². The van der Waals surface area contributed by atoms with Crippen molar-refractivity contribution in [1.82, 2.24) is 9.80 Å². The van der Waals surface area contributed by atoms with Gasteiger partial charge in [-0.25, -0.2) is 0 Å². The van der Waals surface area contributed by atoms with Crippen molar-refractivity contribution in [3.63, 3.8) is 0 Å². The Morgan fingerprint density at radius 2 is 1.68 bits per heavy atom. The topological polar surface area (TPSA) is 6.48 Å². The number of nitrogens with zero attached hydrogens (tertiary/aromatic N) is 2. The number of rotatable bonds is 4. The molecule has 19 heavy (non-hydrogen) atoms. The smallest absolute Gasteiger partial charge is 0.0266 e. The van der Waals surface area contributed by atoms with E-state index in [1.54, 1.807) is 0 Å². The molecule has 0 radical (unpaired) electrons. The molecular weight excluding hydrogens is 232 g/mol. The first-order valence-corrected chi connectivity index (χ1v) is 7.61. The predicted octanol–water partition coefficient (Wildman–Crippen LogP) is 3.03. The standard InChI is InChI=1S/C17H28N2/c1-14(2)18-10-11-19(15(3)4)17(13-18)12-16-8-6-5-7-9-16/h5-9,14-15,17H,10-13H2,1-4H3. The van der Waals surface area contributed by atoms with Gasteiger partial charge in [-0.3, -0.25) is 9.80 Å². The van der Waals surface area contributed by atoms with Gasteiger partial charge in [-0.05, 0) is 39.7 Å². The maximum absolute atomic E-state index is 2.67. The molecule has 0 spiro atoms. The summed E-state index contributed by atoms with van der Waals surface area (Å²) in [6.45, 7) is 12.9. The number of piperazine rings is 1. The minimum Gasteiger partial charge on any atom is -0.298 e. The van der Waals surface area contributed by atoms with Crippen molar-refractivity contribution in [3.05, 3.63) is 35.9 Å². The fraction of sp³-hybridized carbons (Fsp3) is 0.647. The molecule has 1 heterocycles. The Morgan fingerprint density at radius 3 is 2.26 bits per heavy atom. The molecule has 1 fully saturated rings. The van der Waals surface area contributed by atoms with Crippen LogP contribution in [-0.4, -0.2) is 47.6 Å². The van der Waals surface area contributed by atoms with Crippen LogP contribution in [0.5, 0.6) is 0 Å². The molecule has 0 bridgehead atoms. The second-order valence-corrected chi connectivity index (χ2v) is 6.26. The zero-order chi connectivity index (χ0) is 13.8. The van der Waals surface area contributed by atoms with E-state index in [1.807, 2.05) is 0 Å². The average Bonchev–Trinajstić information content (AvgIpc) is 2.39. The fourth-order valence-corrected chi connectivity index (χ4v) is 3.11. The van der Waals surface area contributed by atoms with E-state index in [9.17, 15) is 0 Å². The molecule has 0 saturated carbocycles. The van der Waals surface area contributed by atoms with Gasteiger partial charge in [-0.2, -0.15) is 0 Å². The minimum atomic E-state index is 0.642. The van der Waals surface area contributed by atoms with Crippen LogP contribution >= 0.6 is 0 Å². The normalized spacial score (nSPS) is 22.3. The van der Waals surface area contributed by atoms with Gasteiger partial charge in [0, 0.05) is 37.8 Å². The van der Waals surface area contributed by atoms with Crippen LogP contribution in [0, 0.1) is 0 Å². The highest BCUT2D eigenvalue weighted by Gasteiger charge is 2.29. The first-order chi connectivity index (χ1) is 9.08. The van der Waals surface area contributed by atoms with Crippen LogP contribution in [0.2, 0.25) is 0 Å². The molecular formula is C17H28N2. The van der Waals surface area contributed by atoms with Gasteiger partial charge in [0.1, 0.15) is 0 Å². The Bertz CT molecular complexity index is 372. The molecule has 1 aromatic carbocycles. The van der Waals surface area contributed by atoms with Crippen molar-refractivity contribution in [1.29, 1.82) is 0 Å². The van der Waals surface area contributed by atoms with Crippen molar-refractivity contribution in [2.45, 2.75) is 52.2 Å². The SMILES string of the molecule is CC(C)N1CCN(C(C)C)C(Cc2ccccc2)C1. The minimum absolute atomic E-state index is 0.642. The third kappa shape index (κ3) is 3.80. The number of hydrogen-bond donors (Lipinski definition) is 0. The van der Waals surface area contributed by atoms with Crippen LogP contribution in [-0.2, 0) is 6.42 Å². The van der Waals surface area contributed by atoms with Crippen LogP contribution < -0.4 is 0 Å². The second kappa shape index (κ2) is 6.53. The maximum atomic E-state index is 2.67. The van der Waals surface area contributed by atoms with Crippen molar-refractivity contribution in [3.8, 4) is 0 Å². The summed E-state index contributed by atoms with van der Waals surface area (Å²) in [5.74, 6) is 0. The molecule has 1 aromatic rings. The zero-order valence-corrected chi connectivity index (χ0v) is 12.8. The molecule has 106 valence electrons. The summed E-state index contributed by atoms with van der Waals surface area (Å²) in [5.41, 5.74) is 1.46. The van der Waals surface area contributed by atoms with E-state index in [4.69, 9.17) is 0 Å². The summed E-state index contributed by atoms with van der Waals surface area (Å²) in [7, 11) is 0. The summed E-state index contributed by atoms with van der Waals surface area (Å²) < 4.78 is 0. The molecule has 0 N–H and O–H groups in total. The zero-order valence-electron chi connectivity index (χ0n) is 12.8. The van der Waals surface area contributed by atoms with E-state index in [1.165, 1.54) is 31.6 Å². The molecule has 2 nitrogen and oxygen atoms in total. The third-order valence-electron chi connectivity index (χ3n) is 4.27. The van der Waals surface area contributed by atoms with E-state index in [0.717, 1.165) is 0 Å². The van der Waals surface area contributed by atoms with Gasteiger partial charge in [0.05, 0.1) is 0 Å². The van der Waals surface area contributed by atoms with Crippen molar-refractivity contribution in [2.24, 2.45) is 0 Å². The second-order valence-electron chi connectivity index (χ2n) is 6.26. The molecule has 1 unspecified atom stereocenters. The lowest BCUT2D eigenvalue weighted by molar-refractivity contribution is 0.0366. The quantitative estimate of drug-likeness (QED) is 0.821. The summed E-state index contributed by atoms with van der Waals surface area (Å²) in [6.07, 6.45) is 1.17. The van der Waals surface area contributed by atoms with Crippen LogP contribution in [0.15, 0.2) is 30.3 Å². The molecule has 0 aliphatic carbocycles. The average molecular weight is 260 g/mol. The maximum Gasteiger partial charge on any atom is 0.0266 e. The van der Waals surface area contributed by atoms with Crippen LogP contribution in [0.4, 0.5) is 0 Å². The van der Waals surface area contributed by atoms with Gasteiger partial charge in [0.2, 0.25) is 0 Å². The Morgan fingerprint density at radius 1 is 1.00 bits per heavy atom. The fourth-order valence-electron chi connectivity index (χ4n) is 3.11. The van der Waals surface area contributed by atoms with Gasteiger partial charge in [0.25, 0.3) is 0 Å². The highest BCUT2D eigenvalue weighted by molar-refractivity contribution is 5.16. The monoisotopic (exact) mass is 260 g/mol. The van der Waals surface area contributed by atoms with Gasteiger partial charge in [-0.15, -0.1) is 0 Å². The van der Waals surface area contributed by atoms with Crippen LogP contribution in [0.25, 0.3) is 0 Å². The largest absolute Gasteiger partial charge is 0.298 e. The Kier molecular flexibility index (Phi) is 5.00. The van der Waals surface area contributed by atoms with Crippen molar-refractivity contribution < 1.29 is 0 Å². The lowest BCUT2D eigenvalue weighted by atomic mass is 10.00. The summed E-state index contributed by atoms with van der Waals surface area (Å²) in [5, 5.41) is 0. The highest BCUT2D eigenvalue weighted by Crippen LogP contribution is 2.19. The van der Waals surface area contributed by atoms with Crippen molar-refractivity contribution in [2.75, 3.05) is 19.6 Å². The summed E-state index contributed by atoms with van der Waals surface area (Å²) in [4.78, 5) is 5.29. The van der Waals surface area contributed by atoms with Gasteiger partial charge in [0.15, 0.2) is 0 Å². The van der Waals surface area contributed by atoms with E-state index in [2.05, 4.69) is 67.8 Å². The summed E-state index contributed by atoms with van der Waals surface area (Å²) >= 11 is 0.